The number of hydrogen-bond acceptors (Lipinski definition) is 4. The van der Waals surface area contributed by atoms with Gasteiger partial charge in [0.25, 0.3) is 0 Å². The molecule has 0 saturated heterocycles. The Balaban J connectivity index is 0.00000676. The Labute approximate surface area is 181 Å². The van der Waals surface area contributed by atoms with Crippen molar-refractivity contribution in [3.63, 3.8) is 0 Å². The van der Waals surface area contributed by atoms with Crippen molar-refractivity contribution >= 4 is 51.4 Å². The minimum atomic E-state index is -3.05. The summed E-state index contributed by atoms with van der Waals surface area (Å²) in [6.07, 6.45) is 1.60. The maximum Gasteiger partial charge on any atom is 0.387 e. The van der Waals surface area contributed by atoms with E-state index in [4.69, 9.17) is 11.6 Å². The molecule has 11 heteroatoms. The summed E-state index contributed by atoms with van der Waals surface area (Å²) < 4.78 is 52.0. The highest BCUT2D eigenvalue weighted by Gasteiger charge is 2.12. The van der Waals surface area contributed by atoms with Gasteiger partial charge in [-0.15, -0.1) is 24.0 Å². The van der Waals surface area contributed by atoms with Crippen LogP contribution in [0.15, 0.2) is 23.2 Å². The van der Waals surface area contributed by atoms with Crippen LogP contribution in [0.2, 0.25) is 5.02 Å². The lowest BCUT2D eigenvalue weighted by atomic mass is 10.2. The van der Waals surface area contributed by atoms with E-state index in [0.717, 1.165) is 0 Å². The molecule has 0 bridgehead atoms. The van der Waals surface area contributed by atoms with Gasteiger partial charge in [0.1, 0.15) is 15.6 Å². The van der Waals surface area contributed by atoms with Gasteiger partial charge in [0.05, 0.1) is 12.3 Å². The molecule has 0 amide bonds. The number of alkyl halides is 2. The number of aliphatic imine (C=N–C) groups is 1. The molecule has 0 aliphatic heterocycles. The molecule has 2 N–H and O–H groups in total. The Morgan fingerprint density at radius 3 is 2.59 bits per heavy atom. The lowest BCUT2D eigenvalue weighted by molar-refractivity contribution is -0.0504. The Morgan fingerprint density at radius 1 is 1.37 bits per heavy atom. The fraction of sp³-hybridized carbons (Fsp3) is 0.562. The topological polar surface area (TPSA) is 79.8 Å². The van der Waals surface area contributed by atoms with Crippen molar-refractivity contribution in [1.29, 1.82) is 0 Å². The van der Waals surface area contributed by atoms with Crippen LogP contribution < -0.4 is 15.4 Å². The predicted molar refractivity (Wildman–Crippen MR) is 115 cm³/mol. The third-order valence-electron chi connectivity index (χ3n) is 3.30. The monoisotopic (exact) mass is 539 g/mol. The van der Waals surface area contributed by atoms with Crippen LogP contribution in [0.4, 0.5) is 8.78 Å². The standard InChI is InChI=1S/C16H24ClF2N3O3S.HI/c1-4-20-16(22-11(2)7-8-26(3,23)24)21-10-12-9-13(17)5-6-14(12)25-15(18)19;/h5-6,9,11,15H,4,7-8,10H2,1-3H3,(H2,20,21,22);1H. The molecule has 0 radical (unpaired) electrons. The minimum absolute atomic E-state index is 0. The first-order chi connectivity index (χ1) is 12.1. The molecule has 0 fully saturated rings. The Morgan fingerprint density at radius 2 is 2.04 bits per heavy atom. The van der Waals surface area contributed by atoms with Crippen molar-refractivity contribution in [2.45, 2.75) is 39.5 Å². The van der Waals surface area contributed by atoms with Gasteiger partial charge in [-0.2, -0.15) is 8.78 Å². The van der Waals surface area contributed by atoms with Crippen molar-refractivity contribution in [3.05, 3.63) is 28.8 Å². The largest absolute Gasteiger partial charge is 0.434 e. The lowest BCUT2D eigenvalue weighted by Crippen LogP contribution is -2.42. The highest BCUT2D eigenvalue weighted by atomic mass is 127. The SMILES string of the molecule is CCNC(=NCc1cc(Cl)ccc1OC(F)F)NC(C)CCS(C)(=O)=O.I. The minimum Gasteiger partial charge on any atom is -0.434 e. The van der Waals surface area contributed by atoms with E-state index >= 15 is 0 Å². The smallest absolute Gasteiger partial charge is 0.387 e. The van der Waals surface area contributed by atoms with Gasteiger partial charge in [-0.3, -0.25) is 0 Å². The number of nitrogens with one attached hydrogen (secondary N) is 2. The van der Waals surface area contributed by atoms with Gasteiger partial charge in [-0.25, -0.2) is 13.4 Å². The van der Waals surface area contributed by atoms with Crippen LogP contribution in [0, 0.1) is 0 Å². The van der Waals surface area contributed by atoms with E-state index in [2.05, 4.69) is 20.4 Å². The fourth-order valence-electron chi connectivity index (χ4n) is 2.06. The van der Waals surface area contributed by atoms with Crippen LogP contribution in [0.3, 0.4) is 0 Å². The number of benzene rings is 1. The Hall–Kier alpha value is -0.880. The zero-order chi connectivity index (χ0) is 19.7. The van der Waals surface area contributed by atoms with Crippen molar-refractivity contribution < 1.29 is 21.9 Å². The van der Waals surface area contributed by atoms with Gasteiger partial charge in [-0.05, 0) is 38.5 Å². The van der Waals surface area contributed by atoms with Crippen LogP contribution in [-0.4, -0.2) is 45.6 Å². The number of halogens is 4. The molecular formula is C16H25ClF2IN3O3S. The molecule has 0 spiro atoms. The molecule has 1 rings (SSSR count). The summed E-state index contributed by atoms with van der Waals surface area (Å²) >= 11 is 5.92. The third-order valence-corrected chi connectivity index (χ3v) is 4.51. The first-order valence-electron chi connectivity index (χ1n) is 8.06. The molecule has 0 saturated carbocycles. The number of hydrogen-bond donors (Lipinski definition) is 2. The molecule has 1 aromatic rings. The summed E-state index contributed by atoms with van der Waals surface area (Å²) in [5.41, 5.74) is 0.416. The summed E-state index contributed by atoms with van der Waals surface area (Å²) in [6, 6.07) is 4.20. The van der Waals surface area contributed by atoms with Gasteiger partial charge in [0.15, 0.2) is 5.96 Å². The average Bonchev–Trinajstić information content (AvgIpc) is 2.52. The highest BCUT2D eigenvalue weighted by Crippen LogP contribution is 2.25. The predicted octanol–water partition coefficient (Wildman–Crippen LogP) is 3.44. The van der Waals surface area contributed by atoms with Crippen LogP contribution in [0.25, 0.3) is 0 Å². The van der Waals surface area contributed by atoms with Gasteiger partial charge in [-0.1, -0.05) is 11.6 Å². The van der Waals surface area contributed by atoms with Crippen LogP contribution in [-0.2, 0) is 16.4 Å². The Kier molecular flexibility index (Phi) is 12.1. The second-order valence-corrected chi connectivity index (χ2v) is 8.49. The van der Waals surface area contributed by atoms with E-state index in [1.54, 1.807) is 0 Å². The van der Waals surface area contributed by atoms with Crippen molar-refractivity contribution in [3.8, 4) is 5.75 Å². The van der Waals surface area contributed by atoms with E-state index in [1.807, 2.05) is 13.8 Å². The summed E-state index contributed by atoms with van der Waals surface area (Å²) in [5.74, 6) is 0.506. The number of guanidine groups is 1. The second kappa shape index (κ2) is 12.6. The van der Waals surface area contributed by atoms with E-state index < -0.39 is 16.4 Å². The molecule has 6 nitrogen and oxygen atoms in total. The van der Waals surface area contributed by atoms with Gasteiger partial charge < -0.3 is 15.4 Å². The molecule has 0 aliphatic carbocycles. The molecule has 0 aliphatic rings. The molecule has 1 unspecified atom stereocenters. The van der Waals surface area contributed by atoms with Crippen molar-refractivity contribution in [2.75, 3.05) is 18.6 Å². The van der Waals surface area contributed by atoms with Gasteiger partial charge in [0, 0.05) is 29.4 Å². The summed E-state index contributed by atoms with van der Waals surface area (Å²) in [6.45, 7) is 1.42. The zero-order valence-corrected chi connectivity index (χ0v) is 19.2. The first-order valence-corrected chi connectivity index (χ1v) is 10.5. The first kappa shape index (κ1) is 26.1. The zero-order valence-electron chi connectivity index (χ0n) is 15.3. The average molecular weight is 540 g/mol. The molecular weight excluding hydrogens is 515 g/mol. The fourth-order valence-corrected chi connectivity index (χ4v) is 3.04. The number of ether oxygens (including phenoxy) is 1. The summed E-state index contributed by atoms with van der Waals surface area (Å²) in [7, 11) is -3.05. The van der Waals surface area contributed by atoms with E-state index in [1.165, 1.54) is 24.5 Å². The molecule has 156 valence electrons. The summed E-state index contributed by atoms with van der Waals surface area (Å²) in [4.78, 5) is 4.34. The van der Waals surface area contributed by atoms with E-state index in [0.29, 0.717) is 29.5 Å². The third kappa shape index (κ3) is 11.5. The Bertz CT molecular complexity index is 721. The quantitative estimate of drug-likeness (QED) is 0.286. The number of rotatable bonds is 9. The lowest BCUT2D eigenvalue weighted by Gasteiger charge is -2.18. The van der Waals surface area contributed by atoms with Crippen molar-refractivity contribution in [2.24, 2.45) is 4.99 Å². The number of sulfone groups is 1. The van der Waals surface area contributed by atoms with Crippen LogP contribution in [0.5, 0.6) is 5.75 Å². The maximum absolute atomic E-state index is 12.5. The number of nitrogens with zero attached hydrogens (tertiary/aromatic N) is 1. The second-order valence-electron chi connectivity index (χ2n) is 5.79. The normalized spacial score (nSPS) is 13.1. The van der Waals surface area contributed by atoms with Crippen LogP contribution in [0.1, 0.15) is 25.8 Å². The van der Waals surface area contributed by atoms with E-state index in [-0.39, 0.29) is 48.1 Å². The highest BCUT2D eigenvalue weighted by molar-refractivity contribution is 14.0. The van der Waals surface area contributed by atoms with Crippen LogP contribution >= 0.6 is 35.6 Å². The van der Waals surface area contributed by atoms with Gasteiger partial charge in [0.2, 0.25) is 0 Å². The maximum atomic E-state index is 12.5. The van der Waals surface area contributed by atoms with E-state index in [9.17, 15) is 17.2 Å². The molecule has 0 heterocycles. The molecule has 1 atom stereocenters. The molecule has 27 heavy (non-hydrogen) atoms. The van der Waals surface area contributed by atoms with Gasteiger partial charge >= 0.3 is 6.61 Å². The molecule has 0 aromatic heterocycles. The van der Waals surface area contributed by atoms with Crippen molar-refractivity contribution in [1.82, 2.24) is 10.6 Å². The summed E-state index contributed by atoms with van der Waals surface area (Å²) in [5, 5.41) is 6.50. The molecule has 1 aromatic carbocycles.